The lowest BCUT2D eigenvalue weighted by Crippen LogP contribution is -2.35. The molecule has 2 rings (SSSR count). The van der Waals surface area contributed by atoms with E-state index in [4.69, 9.17) is 29.2 Å². The summed E-state index contributed by atoms with van der Waals surface area (Å²) in [7, 11) is 0. The quantitative estimate of drug-likeness (QED) is 0.0839. The van der Waals surface area contributed by atoms with Crippen molar-refractivity contribution in [3.8, 4) is 11.5 Å². The number of hydrogen-bond donors (Lipinski definition) is 6. The maximum Gasteiger partial charge on any atom is 0.328 e. The van der Waals surface area contributed by atoms with Gasteiger partial charge in [-0.3, -0.25) is 9.59 Å². The number of nitrogens with one attached hydrogen (secondary N) is 2. The Hall–Kier alpha value is -4.18. The van der Waals surface area contributed by atoms with Crippen molar-refractivity contribution in [2.24, 2.45) is 0 Å². The number of rotatable bonds is 24. The molecule has 0 heterocycles. The summed E-state index contributed by atoms with van der Waals surface area (Å²) < 4.78 is 22.4. The van der Waals surface area contributed by atoms with Crippen LogP contribution in [0.2, 0.25) is 0 Å². The molecule has 0 aliphatic heterocycles. The molecular formula is C40H62N2O12. The lowest BCUT2D eigenvalue weighted by molar-refractivity contribution is -0.134. The van der Waals surface area contributed by atoms with Crippen LogP contribution in [0.15, 0.2) is 48.6 Å². The normalized spacial score (nSPS) is 12.0. The molecule has 6 N–H and O–H groups in total. The van der Waals surface area contributed by atoms with Gasteiger partial charge in [0.05, 0.1) is 13.2 Å². The third-order valence-corrected chi connectivity index (χ3v) is 6.83. The SMILES string of the molecule is CCOCc1cc(CC(C)=O)ccc1OCC(O)CNC(C)C.CCOCc1cc(CC(C)=O)ccc1OCC(O)CNC(C)C.O=C(O)C=CC(=O)O. The average Bonchev–Trinajstić information content (AvgIpc) is 3.09. The van der Waals surface area contributed by atoms with Crippen molar-refractivity contribution in [1.29, 1.82) is 0 Å². The maximum atomic E-state index is 11.3. The van der Waals surface area contributed by atoms with Crippen molar-refractivity contribution >= 4 is 23.5 Å². The van der Waals surface area contributed by atoms with E-state index in [0.717, 1.165) is 22.3 Å². The van der Waals surface area contributed by atoms with E-state index >= 15 is 0 Å². The predicted octanol–water partition coefficient (Wildman–Crippen LogP) is 3.90. The number of carboxylic acids is 2. The van der Waals surface area contributed by atoms with E-state index in [1.807, 2.05) is 77.9 Å². The van der Waals surface area contributed by atoms with Crippen LogP contribution in [0.5, 0.6) is 11.5 Å². The highest BCUT2D eigenvalue weighted by molar-refractivity contribution is 5.89. The summed E-state index contributed by atoms with van der Waals surface area (Å²) in [5.41, 5.74) is 3.69. The van der Waals surface area contributed by atoms with E-state index in [1.165, 1.54) is 0 Å². The van der Waals surface area contributed by atoms with Gasteiger partial charge < -0.3 is 50.0 Å². The summed E-state index contributed by atoms with van der Waals surface area (Å²) in [6.45, 7) is 18.6. The lowest BCUT2D eigenvalue weighted by Gasteiger charge is -2.17. The molecule has 0 fully saturated rings. The van der Waals surface area contributed by atoms with Crippen molar-refractivity contribution < 1.29 is 58.6 Å². The number of carbonyl (C=O) groups excluding carboxylic acids is 2. The molecule has 0 saturated carbocycles. The van der Waals surface area contributed by atoms with Crippen LogP contribution >= 0.6 is 0 Å². The number of benzene rings is 2. The van der Waals surface area contributed by atoms with Crippen molar-refractivity contribution in [2.75, 3.05) is 39.5 Å². The Morgan fingerprint density at radius 2 is 1.00 bits per heavy atom. The number of hydrogen-bond acceptors (Lipinski definition) is 12. The summed E-state index contributed by atoms with van der Waals surface area (Å²) >= 11 is 0. The third kappa shape index (κ3) is 26.6. The summed E-state index contributed by atoms with van der Waals surface area (Å²) in [4.78, 5) is 41.6. The number of carboxylic acid groups (broad SMARTS) is 2. The Bertz CT molecular complexity index is 1320. The molecule has 0 bridgehead atoms. The van der Waals surface area contributed by atoms with Crippen LogP contribution in [0.1, 0.15) is 77.6 Å². The van der Waals surface area contributed by atoms with Gasteiger partial charge in [0, 0.05) is 74.5 Å². The van der Waals surface area contributed by atoms with Gasteiger partial charge >= 0.3 is 11.9 Å². The van der Waals surface area contributed by atoms with E-state index in [2.05, 4.69) is 10.6 Å². The zero-order valence-corrected chi connectivity index (χ0v) is 33.1. The maximum absolute atomic E-state index is 11.3. The summed E-state index contributed by atoms with van der Waals surface area (Å²) in [5.74, 6) is -0.893. The molecular weight excluding hydrogens is 700 g/mol. The van der Waals surface area contributed by atoms with Gasteiger partial charge in [0.25, 0.3) is 0 Å². The first-order valence-corrected chi connectivity index (χ1v) is 18.1. The second-order valence-corrected chi connectivity index (χ2v) is 13.0. The number of ketones is 2. The van der Waals surface area contributed by atoms with Crippen LogP contribution in [0.3, 0.4) is 0 Å². The molecule has 2 atom stereocenters. The first-order valence-electron chi connectivity index (χ1n) is 18.1. The minimum atomic E-state index is -1.26. The number of ether oxygens (including phenoxy) is 4. The van der Waals surface area contributed by atoms with Crippen molar-refractivity contribution in [3.63, 3.8) is 0 Å². The Morgan fingerprint density at radius 1 is 0.648 bits per heavy atom. The number of aliphatic carboxylic acids is 2. The second kappa shape index (κ2) is 29.2. The van der Waals surface area contributed by atoms with E-state index in [-0.39, 0.29) is 24.8 Å². The van der Waals surface area contributed by atoms with Gasteiger partial charge in [-0.1, -0.05) is 39.8 Å². The summed E-state index contributed by atoms with van der Waals surface area (Å²) in [6.07, 6.45) is 0.772. The minimum Gasteiger partial charge on any atom is -0.490 e. The van der Waals surface area contributed by atoms with Crippen LogP contribution < -0.4 is 20.1 Å². The molecule has 0 aliphatic rings. The highest BCUT2D eigenvalue weighted by Crippen LogP contribution is 2.23. The number of carbonyl (C=O) groups is 4. The van der Waals surface area contributed by atoms with Crippen molar-refractivity contribution in [3.05, 3.63) is 70.8 Å². The molecule has 304 valence electrons. The molecule has 14 heteroatoms. The topological polar surface area (TPSA) is 210 Å². The van der Waals surface area contributed by atoms with Crippen molar-refractivity contribution in [2.45, 2.75) is 106 Å². The van der Waals surface area contributed by atoms with E-state index in [9.17, 15) is 29.4 Å². The number of aliphatic hydroxyl groups is 2. The number of aliphatic hydroxyl groups excluding tert-OH is 2. The van der Waals surface area contributed by atoms with Crippen LogP contribution in [-0.2, 0) is 54.7 Å². The zero-order chi connectivity index (χ0) is 41.1. The molecule has 0 aromatic heterocycles. The highest BCUT2D eigenvalue weighted by atomic mass is 16.5. The fraction of sp³-hybridized carbons (Fsp3) is 0.550. The van der Waals surface area contributed by atoms with Gasteiger partial charge in [0.2, 0.25) is 0 Å². The smallest absolute Gasteiger partial charge is 0.328 e. The Morgan fingerprint density at radius 3 is 1.28 bits per heavy atom. The van der Waals surface area contributed by atoms with Crippen LogP contribution in [-0.4, -0.2) is 108 Å². The molecule has 0 radical (unpaired) electrons. The lowest BCUT2D eigenvalue weighted by atomic mass is 10.1. The number of Topliss-reactive ketones (excluding diaryl/α,β-unsaturated/α-hetero) is 2. The van der Waals surface area contributed by atoms with Crippen molar-refractivity contribution in [1.82, 2.24) is 10.6 Å². The standard InChI is InChI=1S/2C18H29NO4.C4H4O4/c2*1-5-22-11-16-9-15(8-14(4)20)6-7-18(16)23-12-17(21)10-19-13(2)3;5-3(6)1-2-4(7)8/h2*6-7,9,13,17,19,21H,5,8,10-12H2,1-4H3;1-2H,(H,5,6)(H,7,8). The van der Waals surface area contributed by atoms with E-state index in [0.29, 0.717) is 88.1 Å². The van der Waals surface area contributed by atoms with Crippen LogP contribution in [0.25, 0.3) is 0 Å². The molecule has 2 aromatic carbocycles. The molecule has 14 nitrogen and oxygen atoms in total. The Kier molecular flexibility index (Phi) is 27.0. The van der Waals surface area contributed by atoms with Gasteiger partial charge in [-0.05, 0) is 63.1 Å². The largest absolute Gasteiger partial charge is 0.490 e. The van der Waals surface area contributed by atoms with Gasteiger partial charge in [-0.25, -0.2) is 9.59 Å². The third-order valence-electron chi connectivity index (χ3n) is 6.83. The Balaban J connectivity index is 0.000000867. The Labute approximate surface area is 319 Å². The average molecular weight is 763 g/mol. The predicted molar refractivity (Wildman–Crippen MR) is 206 cm³/mol. The molecule has 2 aromatic rings. The molecule has 0 saturated heterocycles. The minimum absolute atomic E-state index is 0.121. The van der Waals surface area contributed by atoms with E-state index < -0.39 is 24.1 Å². The second-order valence-electron chi connectivity index (χ2n) is 13.0. The van der Waals surface area contributed by atoms with Crippen LogP contribution in [0, 0.1) is 0 Å². The fourth-order valence-corrected chi connectivity index (χ4v) is 4.37. The van der Waals surface area contributed by atoms with Gasteiger partial charge in [0.15, 0.2) is 0 Å². The van der Waals surface area contributed by atoms with Crippen LogP contribution in [0.4, 0.5) is 0 Å². The molecule has 0 aliphatic carbocycles. The molecule has 0 spiro atoms. The van der Waals surface area contributed by atoms with Gasteiger partial charge in [0.1, 0.15) is 48.5 Å². The molecule has 54 heavy (non-hydrogen) atoms. The first-order chi connectivity index (χ1) is 25.5. The van der Waals surface area contributed by atoms with E-state index in [1.54, 1.807) is 13.8 Å². The monoisotopic (exact) mass is 762 g/mol. The van der Waals surface area contributed by atoms with Gasteiger partial charge in [-0.2, -0.15) is 0 Å². The zero-order valence-electron chi connectivity index (χ0n) is 33.1. The molecule has 0 amide bonds. The first kappa shape index (κ1) is 49.8. The fourth-order valence-electron chi connectivity index (χ4n) is 4.37. The molecule has 2 unspecified atom stereocenters. The summed E-state index contributed by atoms with van der Waals surface area (Å²) in [5, 5.41) is 41.8. The van der Waals surface area contributed by atoms with Gasteiger partial charge in [-0.15, -0.1) is 0 Å². The highest BCUT2D eigenvalue weighted by Gasteiger charge is 2.12. The summed E-state index contributed by atoms with van der Waals surface area (Å²) in [6, 6.07) is 12.0.